The fourth-order valence-corrected chi connectivity index (χ4v) is 3.45. The second-order valence-corrected chi connectivity index (χ2v) is 6.93. The molecule has 3 nitrogen and oxygen atoms in total. The zero-order valence-electron chi connectivity index (χ0n) is 11.7. The molecule has 0 atom stereocenters. The molecular formula is C16H12Cl2N2OS. The van der Waals surface area contributed by atoms with Gasteiger partial charge in [0.1, 0.15) is 5.69 Å². The van der Waals surface area contributed by atoms with E-state index in [-0.39, 0.29) is 12.1 Å². The molecule has 0 saturated carbocycles. The largest absolute Gasteiger partial charge is 0.268 e. The summed E-state index contributed by atoms with van der Waals surface area (Å²) in [5, 5.41) is 5.48. The van der Waals surface area contributed by atoms with Crippen molar-refractivity contribution in [3.05, 3.63) is 73.3 Å². The van der Waals surface area contributed by atoms with Crippen LogP contribution < -0.4 is 5.56 Å². The molecule has 2 aromatic heterocycles. The Labute approximate surface area is 141 Å². The van der Waals surface area contributed by atoms with E-state index < -0.39 is 0 Å². The maximum atomic E-state index is 12.1. The zero-order chi connectivity index (χ0) is 15.7. The molecule has 0 fully saturated rings. The number of rotatable bonds is 3. The van der Waals surface area contributed by atoms with Gasteiger partial charge in [-0.3, -0.25) is 4.79 Å². The van der Waals surface area contributed by atoms with Gasteiger partial charge in [-0.25, -0.2) is 4.68 Å². The van der Waals surface area contributed by atoms with Crippen LogP contribution >= 0.6 is 34.5 Å². The van der Waals surface area contributed by atoms with E-state index >= 15 is 0 Å². The minimum Gasteiger partial charge on any atom is -0.268 e. The Morgan fingerprint density at radius 1 is 1.09 bits per heavy atom. The molecule has 0 radical (unpaired) electrons. The van der Waals surface area contributed by atoms with Gasteiger partial charge in [0.25, 0.3) is 5.56 Å². The van der Waals surface area contributed by atoms with Crippen LogP contribution in [-0.2, 0) is 6.54 Å². The highest BCUT2D eigenvalue weighted by atomic mass is 35.5. The maximum absolute atomic E-state index is 12.1. The molecule has 0 spiro atoms. The average Bonchev–Trinajstić information content (AvgIpc) is 2.91. The molecule has 0 unspecified atom stereocenters. The second kappa shape index (κ2) is 6.24. The van der Waals surface area contributed by atoms with Gasteiger partial charge in [0.2, 0.25) is 0 Å². The van der Waals surface area contributed by atoms with Crippen LogP contribution in [0.3, 0.4) is 0 Å². The molecule has 1 aromatic carbocycles. The van der Waals surface area contributed by atoms with Crippen LogP contribution in [0.2, 0.25) is 10.0 Å². The van der Waals surface area contributed by atoms with Crippen LogP contribution in [0, 0.1) is 6.92 Å². The molecule has 112 valence electrons. The summed E-state index contributed by atoms with van der Waals surface area (Å²) >= 11 is 14.0. The summed E-state index contributed by atoms with van der Waals surface area (Å²) in [5.41, 5.74) is 1.27. The zero-order valence-corrected chi connectivity index (χ0v) is 14.0. The number of halogens is 2. The third-order valence-electron chi connectivity index (χ3n) is 3.23. The van der Waals surface area contributed by atoms with Crippen LogP contribution in [-0.4, -0.2) is 9.78 Å². The van der Waals surface area contributed by atoms with Crippen LogP contribution in [0.1, 0.15) is 10.4 Å². The van der Waals surface area contributed by atoms with Crippen molar-refractivity contribution in [1.29, 1.82) is 0 Å². The van der Waals surface area contributed by atoms with E-state index in [4.69, 9.17) is 23.2 Å². The number of thiophene rings is 1. The lowest BCUT2D eigenvalue weighted by Gasteiger charge is -2.09. The Hall–Kier alpha value is -1.62. The fraction of sp³-hybridized carbons (Fsp3) is 0.125. The summed E-state index contributed by atoms with van der Waals surface area (Å²) in [6.45, 7) is 2.28. The Balaban J connectivity index is 2.02. The van der Waals surface area contributed by atoms with Gasteiger partial charge in [-0.2, -0.15) is 5.10 Å². The molecule has 0 N–H and O–H groups in total. The molecule has 3 aromatic rings. The first-order valence-corrected chi connectivity index (χ1v) is 8.20. The van der Waals surface area contributed by atoms with Gasteiger partial charge < -0.3 is 0 Å². The third-order valence-corrected chi connectivity index (χ3v) is 4.96. The van der Waals surface area contributed by atoms with Crippen molar-refractivity contribution < 1.29 is 0 Å². The highest BCUT2D eigenvalue weighted by molar-refractivity contribution is 7.15. The molecule has 0 amide bonds. The van der Waals surface area contributed by atoms with E-state index in [1.165, 1.54) is 15.6 Å². The van der Waals surface area contributed by atoms with Crippen LogP contribution in [0.25, 0.3) is 10.6 Å². The van der Waals surface area contributed by atoms with E-state index in [2.05, 4.69) is 5.10 Å². The van der Waals surface area contributed by atoms with E-state index in [1.807, 2.05) is 19.1 Å². The first-order valence-electron chi connectivity index (χ1n) is 6.62. The molecule has 0 aliphatic rings. The second-order valence-electron chi connectivity index (χ2n) is 4.82. The smallest absolute Gasteiger partial charge is 0.267 e. The minimum absolute atomic E-state index is 0.187. The van der Waals surface area contributed by atoms with E-state index in [0.29, 0.717) is 15.6 Å². The highest BCUT2D eigenvalue weighted by Crippen LogP contribution is 2.26. The van der Waals surface area contributed by atoms with Crippen molar-refractivity contribution in [2.75, 3.05) is 0 Å². The van der Waals surface area contributed by atoms with Crippen molar-refractivity contribution in [3.63, 3.8) is 0 Å². The van der Waals surface area contributed by atoms with Crippen LogP contribution in [0.5, 0.6) is 0 Å². The van der Waals surface area contributed by atoms with Gasteiger partial charge in [0.15, 0.2) is 0 Å². The first-order chi connectivity index (χ1) is 10.5. The van der Waals surface area contributed by atoms with Gasteiger partial charge in [0, 0.05) is 26.6 Å². The molecule has 0 bridgehead atoms. The lowest BCUT2D eigenvalue weighted by Crippen LogP contribution is -2.23. The maximum Gasteiger partial charge on any atom is 0.267 e. The topological polar surface area (TPSA) is 34.9 Å². The fourth-order valence-electron chi connectivity index (χ4n) is 2.10. The Bertz CT molecular complexity index is 866. The Morgan fingerprint density at radius 2 is 1.82 bits per heavy atom. The van der Waals surface area contributed by atoms with Gasteiger partial charge >= 0.3 is 0 Å². The van der Waals surface area contributed by atoms with Crippen LogP contribution in [0.4, 0.5) is 0 Å². The highest BCUT2D eigenvalue weighted by Gasteiger charge is 2.10. The summed E-state index contributed by atoms with van der Waals surface area (Å²) in [4.78, 5) is 14.3. The summed E-state index contributed by atoms with van der Waals surface area (Å²) < 4.78 is 1.39. The monoisotopic (exact) mass is 350 g/mol. The summed E-state index contributed by atoms with van der Waals surface area (Å²) in [5.74, 6) is 0. The summed E-state index contributed by atoms with van der Waals surface area (Å²) in [6, 6.07) is 12.6. The van der Waals surface area contributed by atoms with Gasteiger partial charge in [0.05, 0.1) is 11.4 Å². The predicted octanol–water partition coefficient (Wildman–Crippen LogP) is 4.64. The molecule has 3 rings (SSSR count). The number of hydrogen-bond acceptors (Lipinski definition) is 3. The Kier molecular flexibility index (Phi) is 4.34. The van der Waals surface area contributed by atoms with E-state index in [9.17, 15) is 4.79 Å². The molecule has 0 saturated heterocycles. The molecule has 22 heavy (non-hydrogen) atoms. The number of aromatic nitrogens is 2. The number of aryl methyl sites for hydroxylation is 1. The van der Waals surface area contributed by atoms with Gasteiger partial charge in [-0.15, -0.1) is 11.3 Å². The van der Waals surface area contributed by atoms with E-state index in [1.54, 1.807) is 35.6 Å². The quantitative estimate of drug-likeness (QED) is 0.689. The van der Waals surface area contributed by atoms with Crippen molar-refractivity contribution in [2.45, 2.75) is 13.5 Å². The lowest BCUT2D eigenvalue weighted by molar-refractivity contribution is 0.643. The average molecular weight is 351 g/mol. The standard InChI is InChI=1S/C16H12Cl2N2OS/c1-10-5-7-15(22-10)14-6-8-16(21)20(19-14)9-11-12(17)3-2-4-13(11)18/h2-8H,9H2,1H3. The van der Waals surface area contributed by atoms with Crippen LogP contribution in [0.15, 0.2) is 47.3 Å². The van der Waals surface area contributed by atoms with Crippen molar-refractivity contribution in [3.8, 4) is 10.6 Å². The van der Waals surface area contributed by atoms with Gasteiger partial charge in [-0.05, 0) is 37.3 Å². The van der Waals surface area contributed by atoms with Crippen molar-refractivity contribution >= 4 is 34.5 Å². The molecule has 6 heteroatoms. The SMILES string of the molecule is Cc1ccc(-c2ccc(=O)n(Cc3c(Cl)cccc3Cl)n2)s1. The molecule has 0 aliphatic heterocycles. The summed E-state index contributed by atoms with van der Waals surface area (Å²) in [7, 11) is 0. The third kappa shape index (κ3) is 3.09. The van der Waals surface area contributed by atoms with E-state index in [0.717, 1.165) is 10.6 Å². The summed E-state index contributed by atoms with van der Waals surface area (Å²) in [6.07, 6.45) is 0. The lowest BCUT2D eigenvalue weighted by atomic mass is 10.2. The van der Waals surface area contributed by atoms with Crippen molar-refractivity contribution in [2.24, 2.45) is 0 Å². The molecule has 2 heterocycles. The molecule has 0 aliphatic carbocycles. The first kappa shape index (κ1) is 15.3. The number of benzene rings is 1. The Morgan fingerprint density at radius 3 is 2.45 bits per heavy atom. The molecular weight excluding hydrogens is 339 g/mol. The minimum atomic E-state index is -0.187. The normalized spacial score (nSPS) is 10.9. The number of nitrogens with zero attached hydrogens (tertiary/aromatic N) is 2. The van der Waals surface area contributed by atoms with Crippen molar-refractivity contribution in [1.82, 2.24) is 9.78 Å². The predicted molar refractivity (Wildman–Crippen MR) is 92.1 cm³/mol. The number of hydrogen-bond donors (Lipinski definition) is 0. The van der Waals surface area contributed by atoms with Gasteiger partial charge in [-0.1, -0.05) is 29.3 Å².